The smallest absolute Gasteiger partial charge is 0.226 e. The van der Waals surface area contributed by atoms with E-state index < -0.39 is 5.41 Å². The average molecular weight is 331 g/mol. The number of hydrogen-bond donors (Lipinski definition) is 2. The molecule has 0 aliphatic carbocycles. The molecule has 0 radical (unpaired) electrons. The van der Waals surface area contributed by atoms with Crippen LogP contribution in [0.5, 0.6) is 0 Å². The maximum absolute atomic E-state index is 12.0. The molecule has 0 aromatic heterocycles. The third-order valence-electron chi connectivity index (χ3n) is 4.25. The second-order valence-electron chi connectivity index (χ2n) is 7.50. The van der Waals surface area contributed by atoms with Crippen molar-refractivity contribution in [2.75, 3.05) is 29.9 Å². The number of nitrogens with zero attached hydrogens (tertiary/aromatic N) is 1. The van der Waals surface area contributed by atoms with Crippen molar-refractivity contribution >= 4 is 23.2 Å². The summed E-state index contributed by atoms with van der Waals surface area (Å²) in [6, 6.07) is 6.04. The first-order chi connectivity index (χ1) is 11.3. The van der Waals surface area contributed by atoms with Gasteiger partial charge in [0.25, 0.3) is 0 Å². The maximum Gasteiger partial charge on any atom is 0.226 e. The number of benzene rings is 1. The summed E-state index contributed by atoms with van der Waals surface area (Å²) in [6.45, 7) is 10.2. The van der Waals surface area contributed by atoms with Gasteiger partial charge >= 0.3 is 0 Å². The number of amides is 2. The zero-order chi connectivity index (χ0) is 17.7. The molecule has 1 aromatic rings. The molecular weight excluding hydrogens is 302 g/mol. The van der Waals surface area contributed by atoms with Gasteiger partial charge in [0.2, 0.25) is 11.8 Å². The minimum absolute atomic E-state index is 0.0406. The highest BCUT2D eigenvalue weighted by Crippen LogP contribution is 2.26. The van der Waals surface area contributed by atoms with Crippen LogP contribution in [-0.4, -0.2) is 31.4 Å². The van der Waals surface area contributed by atoms with E-state index in [1.165, 1.54) is 24.1 Å². The summed E-state index contributed by atoms with van der Waals surface area (Å²) in [5, 5.41) is 5.69. The Labute approximate surface area is 144 Å². The molecule has 0 saturated carbocycles. The predicted octanol–water partition coefficient (Wildman–Crippen LogP) is 3.09. The Balaban J connectivity index is 1.83. The van der Waals surface area contributed by atoms with Crippen molar-refractivity contribution in [1.82, 2.24) is 5.32 Å². The molecule has 0 unspecified atom stereocenters. The minimum Gasteiger partial charge on any atom is -0.371 e. The van der Waals surface area contributed by atoms with Gasteiger partial charge in [0.1, 0.15) is 0 Å². The molecule has 0 spiro atoms. The lowest BCUT2D eigenvalue weighted by atomic mass is 9.96. The fraction of sp³-hybridized carbons (Fsp3) is 0.579. The first-order valence-electron chi connectivity index (χ1n) is 8.71. The highest BCUT2D eigenvalue weighted by Gasteiger charge is 2.20. The Morgan fingerprint density at radius 1 is 1.17 bits per heavy atom. The van der Waals surface area contributed by atoms with E-state index >= 15 is 0 Å². The highest BCUT2D eigenvalue weighted by atomic mass is 16.2. The van der Waals surface area contributed by atoms with E-state index in [4.69, 9.17) is 0 Å². The number of carbonyl (C=O) groups is 2. The lowest BCUT2D eigenvalue weighted by Gasteiger charge is -2.21. The molecule has 0 bridgehead atoms. The topological polar surface area (TPSA) is 61.4 Å². The molecule has 0 atom stereocenters. The molecule has 1 aliphatic heterocycles. The summed E-state index contributed by atoms with van der Waals surface area (Å²) in [5.41, 5.74) is 2.81. The molecule has 1 aliphatic rings. The van der Waals surface area contributed by atoms with Crippen LogP contribution >= 0.6 is 0 Å². The van der Waals surface area contributed by atoms with Crippen LogP contribution in [0.4, 0.5) is 11.4 Å². The van der Waals surface area contributed by atoms with Crippen LogP contribution in [0.15, 0.2) is 18.2 Å². The van der Waals surface area contributed by atoms with Crippen molar-refractivity contribution in [1.29, 1.82) is 0 Å². The molecule has 132 valence electrons. The summed E-state index contributed by atoms with van der Waals surface area (Å²) in [4.78, 5) is 26.2. The van der Waals surface area contributed by atoms with Crippen LogP contribution in [0.2, 0.25) is 0 Å². The number of rotatable bonds is 5. The third kappa shape index (κ3) is 4.98. The highest BCUT2D eigenvalue weighted by molar-refractivity contribution is 5.91. The first-order valence-corrected chi connectivity index (χ1v) is 8.71. The molecule has 5 heteroatoms. The average Bonchev–Trinajstić information content (AvgIpc) is 3.00. The number of hydrogen-bond acceptors (Lipinski definition) is 3. The quantitative estimate of drug-likeness (QED) is 0.871. The molecule has 2 N–H and O–H groups in total. The lowest BCUT2D eigenvalue weighted by Crippen LogP contribution is -2.36. The van der Waals surface area contributed by atoms with Crippen molar-refractivity contribution < 1.29 is 9.59 Å². The zero-order valence-corrected chi connectivity index (χ0v) is 15.2. The van der Waals surface area contributed by atoms with Crippen molar-refractivity contribution in [3.8, 4) is 0 Å². The van der Waals surface area contributed by atoms with Gasteiger partial charge in [-0.05, 0) is 43.5 Å². The van der Waals surface area contributed by atoms with Crippen molar-refractivity contribution in [3.63, 3.8) is 0 Å². The summed E-state index contributed by atoms with van der Waals surface area (Å²) in [6.07, 6.45) is 2.77. The standard InChI is InChI=1S/C19H29N3O2/c1-14-13-15(7-8-16(14)22-11-5-6-12-22)21-17(23)9-10-20-18(24)19(2,3)4/h7-8,13H,5-6,9-12H2,1-4H3,(H,20,24)(H,21,23). The molecule has 1 heterocycles. The van der Waals surface area contributed by atoms with E-state index in [1.807, 2.05) is 32.9 Å². The Hall–Kier alpha value is -2.04. The monoisotopic (exact) mass is 331 g/mol. The molecule has 1 saturated heterocycles. The maximum atomic E-state index is 12.0. The fourth-order valence-corrected chi connectivity index (χ4v) is 2.82. The van der Waals surface area contributed by atoms with E-state index in [-0.39, 0.29) is 18.2 Å². The first kappa shape index (κ1) is 18.3. The fourth-order valence-electron chi connectivity index (χ4n) is 2.82. The molecule has 1 fully saturated rings. The lowest BCUT2D eigenvalue weighted by molar-refractivity contribution is -0.128. The number of carbonyl (C=O) groups excluding carboxylic acids is 2. The third-order valence-corrected chi connectivity index (χ3v) is 4.25. The van der Waals surface area contributed by atoms with E-state index in [9.17, 15) is 9.59 Å². The minimum atomic E-state index is -0.432. The Morgan fingerprint density at radius 2 is 1.83 bits per heavy atom. The molecule has 5 nitrogen and oxygen atoms in total. The van der Waals surface area contributed by atoms with E-state index in [2.05, 4.69) is 28.5 Å². The summed E-state index contributed by atoms with van der Waals surface area (Å²) >= 11 is 0. The van der Waals surface area contributed by atoms with E-state index in [0.29, 0.717) is 6.54 Å². The molecular formula is C19H29N3O2. The summed E-state index contributed by atoms with van der Waals surface area (Å²) in [5.74, 6) is -0.126. The second-order valence-corrected chi connectivity index (χ2v) is 7.50. The van der Waals surface area contributed by atoms with Gasteiger partial charge in [-0.1, -0.05) is 20.8 Å². The van der Waals surface area contributed by atoms with Gasteiger partial charge in [0.15, 0.2) is 0 Å². The summed E-state index contributed by atoms with van der Waals surface area (Å²) < 4.78 is 0. The SMILES string of the molecule is Cc1cc(NC(=O)CCNC(=O)C(C)(C)C)ccc1N1CCCC1. The Kier molecular flexibility index (Phi) is 5.86. The Morgan fingerprint density at radius 3 is 2.42 bits per heavy atom. The Bertz CT molecular complexity index is 599. The number of nitrogens with one attached hydrogen (secondary N) is 2. The van der Waals surface area contributed by atoms with Crippen molar-refractivity contribution in [2.24, 2.45) is 5.41 Å². The van der Waals surface area contributed by atoms with Gasteiger partial charge in [-0.3, -0.25) is 9.59 Å². The van der Waals surface area contributed by atoms with Crippen LogP contribution in [0, 0.1) is 12.3 Å². The predicted molar refractivity (Wildman–Crippen MR) is 98.3 cm³/mol. The van der Waals surface area contributed by atoms with Gasteiger partial charge in [0, 0.05) is 42.8 Å². The molecule has 24 heavy (non-hydrogen) atoms. The van der Waals surface area contributed by atoms with Gasteiger partial charge in [-0.15, -0.1) is 0 Å². The van der Waals surface area contributed by atoms with E-state index in [1.54, 1.807) is 0 Å². The van der Waals surface area contributed by atoms with Crippen LogP contribution in [-0.2, 0) is 9.59 Å². The van der Waals surface area contributed by atoms with Gasteiger partial charge in [0.05, 0.1) is 0 Å². The molecule has 2 amide bonds. The normalized spacial score (nSPS) is 14.6. The van der Waals surface area contributed by atoms with Crippen molar-refractivity contribution in [3.05, 3.63) is 23.8 Å². The van der Waals surface area contributed by atoms with Crippen LogP contribution in [0.3, 0.4) is 0 Å². The van der Waals surface area contributed by atoms with Crippen LogP contribution in [0.1, 0.15) is 45.6 Å². The van der Waals surface area contributed by atoms with Crippen LogP contribution < -0.4 is 15.5 Å². The van der Waals surface area contributed by atoms with Crippen molar-refractivity contribution in [2.45, 2.75) is 47.0 Å². The number of aryl methyl sites for hydroxylation is 1. The largest absolute Gasteiger partial charge is 0.371 e. The molecule has 2 rings (SSSR count). The zero-order valence-electron chi connectivity index (χ0n) is 15.2. The van der Waals surface area contributed by atoms with Gasteiger partial charge in [-0.2, -0.15) is 0 Å². The van der Waals surface area contributed by atoms with Crippen LogP contribution in [0.25, 0.3) is 0 Å². The number of anilines is 2. The van der Waals surface area contributed by atoms with Gasteiger partial charge < -0.3 is 15.5 Å². The van der Waals surface area contributed by atoms with Gasteiger partial charge in [-0.25, -0.2) is 0 Å². The molecule has 1 aromatic carbocycles. The second kappa shape index (κ2) is 7.69. The summed E-state index contributed by atoms with van der Waals surface area (Å²) in [7, 11) is 0. The van der Waals surface area contributed by atoms with E-state index in [0.717, 1.165) is 18.8 Å².